The third kappa shape index (κ3) is 3.70. The van der Waals surface area contributed by atoms with Crippen LogP contribution in [0.1, 0.15) is 12.0 Å². The summed E-state index contributed by atoms with van der Waals surface area (Å²) >= 11 is 0. The van der Waals surface area contributed by atoms with Gasteiger partial charge in [0, 0.05) is 32.5 Å². The molecule has 0 aliphatic heterocycles. The maximum absolute atomic E-state index is 5.68. The zero-order valence-electron chi connectivity index (χ0n) is 13.0. The molecule has 2 aromatic rings. The number of nitrogens with zero attached hydrogens (tertiary/aromatic N) is 4. The van der Waals surface area contributed by atoms with Crippen LogP contribution in [0.2, 0.25) is 0 Å². The lowest BCUT2D eigenvalue weighted by Gasteiger charge is -2.26. The highest BCUT2D eigenvalue weighted by Gasteiger charge is 2.13. The lowest BCUT2D eigenvalue weighted by atomic mass is 10.1. The molecule has 0 spiro atoms. The van der Waals surface area contributed by atoms with Gasteiger partial charge in [0.2, 0.25) is 5.95 Å². The first-order valence-corrected chi connectivity index (χ1v) is 7.17. The second kappa shape index (κ2) is 7.04. The Morgan fingerprint density at radius 3 is 2.57 bits per heavy atom. The molecule has 0 aliphatic carbocycles. The number of anilines is 3. The van der Waals surface area contributed by atoms with Crippen LogP contribution in [0.25, 0.3) is 0 Å². The fourth-order valence-electron chi connectivity index (χ4n) is 2.18. The molecule has 1 aromatic carbocycles. The molecule has 5 nitrogen and oxygen atoms in total. The molecule has 0 radical (unpaired) electrons. The van der Waals surface area contributed by atoms with Crippen LogP contribution in [0.3, 0.4) is 0 Å². The molecule has 0 atom stereocenters. The molecule has 112 valence electrons. The molecule has 2 rings (SSSR count). The molecule has 2 N–H and O–H groups in total. The van der Waals surface area contributed by atoms with Gasteiger partial charge in [-0.05, 0) is 37.6 Å². The van der Waals surface area contributed by atoms with Gasteiger partial charge < -0.3 is 15.5 Å². The van der Waals surface area contributed by atoms with Gasteiger partial charge in [-0.15, -0.1) is 0 Å². The standard InChI is InChI=1S/C16H23N5/c1-13-7-4-5-8-14(13)21(12-6-10-17)15-9-11-18-16(19-15)20(2)3/h4-5,7-9,11H,6,10,12,17H2,1-3H3. The van der Waals surface area contributed by atoms with Gasteiger partial charge in [-0.3, -0.25) is 0 Å². The third-order valence-corrected chi connectivity index (χ3v) is 3.30. The number of benzene rings is 1. The van der Waals surface area contributed by atoms with Crippen molar-refractivity contribution in [2.45, 2.75) is 13.3 Å². The van der Waals surface area contributed by atoms with Gasteiger partial charge in [0.15, 0.2) is 0 Å². The first kappa shape index (κ1) is 15.3. The van der Waals surface area contributed by atoms with Gasteiger partial charge in [0.25, 0.3) is 0 Å². The summed E-state index contributed by atoms with van der Waals surface area (Å²) < 4.78 is 0. The van der Waals surface area contributed by atoms with Crippen LogP contribution in [0.15, 0.2) is 36.5 Å². The van der Waals surface area contributed by atoms with Gasteiger partial charge in [0.05, 0.1) is 0 Å². The fourth-order valence-corrected chi connectivity index (χ4v) is 2.18. The van der Waals surface area contributed by atoms with Gasteiger partial charge in [-0.25, -0.2) is 4.98 Å². The normalized spacial score (nSPS) is 10.5. The highest BCUT2D eigenvalue weighted by molar-refractivity contribution is 5.64. The molecule has 5 heteroatoms. The monoisotopic (exact) mass is 285 g/mol. The highest BCUT2D eigenvalue weighted by Crippen LogP contribution is 2.27. The van der Waals surface area contributed by atoms with Crippen LogP contribution in [-0.2, 0) is 0 Å². The van der Waals surface area contributed by atoms with Crippen LogP contribution in [0.4, 0.5) is 17.5 Å². The Labute approximate surface area is 126 Å². The minimum atomic E-state index is 0.661. The lowest BCUT2D eigenvalue weighted by molar-refractivity contribution is 0.805. The van der Waals surface area contributed by atoms with E-state index < -0.39 is 0 Å². The number of aryl methyl sites for hydroxylation is 1. The molecule has 0 aliphatic rings. The summed E-state index contributed by atoms with van der Waals surface area (Å²) in [7, 11) is 3.88. The Hall–Kier alpha value is -2.14. The van der Waals surface area contributed by atoms with Gasteiger partial charge in [-0.2, -0.15) is 4.98 Å². The summed E-state index contributed by atoms with van der Waals surface area (Å²) in [6.45, 7) is 3.61. The minimum Gasteiger partial charge on any atom is -0.347 e. The first-order chi connectivity index (χ1) is 10.1. The smallest absolute Gasteiger partial charge is 0.226 e. The minimum absolute atomic E-state index is 0.661. The number of hydrogen-bond acceptors (Lipinski definition) is 5. The molecule has 1 aromatic heterocycles. The van der Waals surface area contributed by atoms with Crippen LogP contribution in [0, 0.1) is 6.92 Å². The Bertz CT molecular complexity index is 582. The van der Waals surface area contributed by atoms with Crippen molar-refractivity contribution in [3.05, 3.63) is 42.1 Å². The molecule has 0 unspecified atom stereocenters. The van der Waals surface area contributed by atoms with E-state index in [1.807, 2.05) is 37.2 Å². The molecular weight excluding hydrogens is 262 g/mol. The fraction of sp³-hybridized carbons (Fsp3) is 0.375. The largest absolute Gasteiger partial charge is 0.347 e. The van der Waals surface area contributed by atoms with E-state index in [4.69, 9.17) is 5.73 Å². The van der Waals surface area contributed by atoms with E-state index in [1.165, 1.54) is 5.56 Å². The predicted molar refractivity (Wildman–Crippen MR) is 88.2 cm³/mol. The maximum Gasteiger partial charge on any atom is 0.226 e. The van der Waals surface area contributed by atoms with Crippen molar-refractivity contribution >= 4 is 17.5 Å². The molecule has 0 fully saturated rings. The van der Waals surface area contributed by atoms with Crippen molar-refractivity contribution in [3.63, 3.8) is 0 Å². The number of nitrogens with two attached hydrogens (primary N) is 1. The van der Waals surface area contributed by atoms with Crippen LogP contribution < -0.4 is 15.5 Å². The summed E-state index contributed by atoms with van der Waals surface area (Å²) in [5, 5.41) is 0. The summed E-state index contributed by atoms with van der Waals surface area (Å²) in [5.74, 6) is 1.61. The van der Waals surface area contributed by atoms with E-state index >= 15 is 0 Å². The molecule has 0 saturated carbocycles. The van der Waals surface area contributed by atoms with E-state index in [-0.39, 0.29) is 0 Å². The quantitative estimate of drug-likeness (QED) is 0.883. The van der Waals surface area contributed by atoms with Gasteiger partial charge >= 0.3 is 0 Å². The second-order valence-corrected chi connectivity index (χ2v) is 5.19. The molecule has 0 saturated heterocycles. The van der Waals surface area contributed by atoms with Gasteiger partial charge in [-0.1, -0.05) is 18.2 Å². The Morgan fingerprint density at radius 1 is 1.14 bits per heavy atom. The number of para-hydroxylation sites is 1. The van der Waals surface area contributed by atoms with E-state index in [1.54, 1.807) is 6.20 Å². The van der Waals surface area contributed by atoms with Crippen LogP contribution in [0.5, 0.6) is 0 Å². The first-order valence-electron chi connectivity index (χ1n) is 7.17. The SMILES string of the molecule is Cc1ccccc1N(CCCN)c1ccnc(N(C)C)n1. The van der Waals surface area contributed by atoms with Crippen molar-refractivity contribution in [1.82, 2.24) is 9.97 Å². The Kier molecular flexibility index (Phi) is 5.11. The second-order valence-electron chi connectivity index (χ2n) is 5.19. The third-order valence-electron chi connectivity index (χ3n) is 3.30. The van der Waals surface area contributed by atoms with Crippen LogP contribution >= 0.6 is 0 Å². The number of hydrogen-bond donors (Lipinski definition) is 1. The molecule has 21 heavy (non-hydrogen) atoms. The lowest BCUT2D eigenvalue weighted by Crippen LogP contribution is -2.24. The zero-order valence-corrected chi connectivity index (χ0v) is 13.0. The maximum atomic E-state index is 5.68. The van der Waals surface area contributed by atoms with Gasteiger partial charge in [0.1, 0.15) is 5.82 Å². The average Bonchev–Trinajstić information content (AvgIpc) is 2.49. The molecule has 0 amide bonds. The predicted octanol–water partition coefficient (Wildman–Crippen LogP) is 2.34. The van der Waals surface area contributed by atoms with Crippen molar-refractivity contribution < 1.29 is 0 Å². The average molecular weight is 285 g/mol. The molecular formula is C16H23N5. The summed E-state index contributed by atoms with van der Waals surface area (Å²) in [6.07, 6.45) is 2.71. The summed E-state index contributed by atoms with van der Waals surface area (Å²) in [4.78, 5) is 13.0. The summed E-state index contributed by atoms with van der Waals surface area (Å²) in [6, 6.07) is 10.3. The molecule has 0 bridgehead atoms. The van der Waals surface area contributed by atoms with E-state index in [9.17, 15) is 0 Å². The number of rotatable bonds is 6. The van der Waals surface area contributed by atoms with Crippen molar-refractivity contribution in [2.24, 2.45) is 5.73 Å². The number of aromatic nitrogens is 2. The highest BCUT2D eigenvalue weighted by atomic mass is 15.3. The molecule has 1 heterocycles. The van der Waals surface area contributed by atoms with Crippen molar-refractivity contribution in [1.29, 1.82) is 0 Å². The van der Waals surface area contributed by atoms with E-state index in [0.717, 1.165) is 24.5 Å². The Morgan fingerprint density at radius 2 is 1.90 bits per heavy atom. The van der Waals surface area contributed by atoms with Crippen molar-refractivity contribution in [3.8, 4) is 0 Å². The topological polar surface area (TPSA) is 58.3 Å². The Balaban J connectivity index is 2.40. The van der Waals surface area contributed by atoms with E-state index in [0.29, 0.717) is 12.5 Å². The van der Waals surface area contributed by atoms with Crippen molar-refractivity contribution in [2.75, 3.05) is 37.0 Å². The zero-order chi connectivity index (χ0) is 15.2. The van der Waals surface area contributed by atoms with E-state index in [2.05, 4.69) is 33.9 Å². The summed E-state index contributed by atoms with van der Waals surface area (Å²) in [5.41, 5.74) is 8.06. The van der Waals surface area contributed by atoms with Crippen LogP contribution in [-0.4, -0.2) is 37.2 Å².